The largest absolute Gasteiger partial charge is 0.392 e. The molecular weight excluding hydrogens is 266 g/mol. The second-order valence-corrected chi connectivity index (χ2v) is 7.90. The third kappa shape index (κ3) is 5.12. The van der Waals surface area contributed by atoms with Crippen LogP contribution < -0.4 is 5.32 Å². The van der Waals surface area contributed by atoms with E-state index in [2.05, 4.69) is 57.3 Å². The van der Waals surface area contributed by atoms with Crippen LogP contribution in [0.4, 0.5) is 0 Å². The second kappa shape index (κ2) is 7.48. The predicted octanol–water partition coefficient (Wildman–Crippen LogP) is 3.75. The Labute approximate surface area is 128 Å². The highest BCUT2D eigenvalue weighted by Gasteiger charge is 2.17. The zero-order valence-corrected chi connectivity index (χ0v) is 14.4. The molecule has 3 heteroatoms. The minimum atomic E-state index is -0.263. The lowest BCUT2D eigenvalue weighted by Gasteiger charge is -2.23. The normalized spacial score (nSPS) is 16.8. The Morgan fingerprint density at radius 1 is 1.15 bits per heavy atom. The van der Waals surface area contributed by atoms with Gasteiger partial charge in [-0.2, -0.15) is 11.8 Å². The molecule has 0 radical (unpaired) electrons. The molecule has 0 saturated carbocycles. The maximum atomic E-state index is 9.56. The highest BCUT2D eigenvalue weighted by molar-refractivity contribution is 7.99. The van der Waals surface area contributed by atoms with Gasteiger partial charge in [-0.25, -0.2) is 0 Å². The van der Waals surface area contributed by atoms with Crippen LogP contribution in [0.15, 0.2) is 24.3 Å². The van der Waals surface area contributed by atoms with Crippen molar-refractivity contribution in [3.8, 4) is 0 Å². The predicted molar refractivity (Wildman–Crippen MR) is 90.5 cm³/mol. The van der Waals surface area contributed by atoms with E-state index in [4.69, 9.17) is 0 Å². The van der Waals surface area contributed by atoms with E-state index >= 15 is 0 Å². The third-order valence-corrected chi connectivity index (χ3v) is 5.18. The quantitative estimate of drug-likeness (QED) is 0.838. The molecule has 0 spiro atoms. The molecule has 0 fully saturated rings. The summed E-state index contributed by atoms with van der Waals surface area (Å²) in [5.74, 6) is 0.970. The molecular formula is C17H29NOS. The molecule has 0 saturated heterocycles. The van der Waals surface area contributed by atoms with Gasteiger partial charge in [-0.05, 0) is 30.5 Å². The average molecular weight is 295 g/mol. The highest BCUT2D eigenvalue weighted by atomic mass is 32.2. The fraction of sp³-hybridized carbons (Fsp3) is 0.647. The van der Waals surface area contributed by atoms with E-state index in [9.17, 15) is 5.11 Å². The van der Waals surface area contributed by atoms with Crippen molar-refractivity contribution < 1.29 is 5.11 Å². The third-order valence-electron chi connectivity index (χ3n) is 3.73. The van der Waals surface area contributed by atoms with E-state index in [1.165, 1.54) is 11.1 Å². The summed E-state index contributed by atoms with van der Waals surface area (Å²) in [5, 5.41) is 13.2. The number of hydrogen-bond acceptors (Lipinski definition) is 3. The first-order valence-electron chi connectivity index (χ1n) is 7.33. The number of aliphatic hydroxyl groups excluding tert-OH is 1. The van der Waals surface area contributed by atoms with E-state index in [0.717, 1.165) is 5.75 Å². The van der Waals surface area contributed by atoms with Crippen LogP contribution >= 0.6 is 11.8 Å². The Kier molecular flexibility index (Phi) is 6.56. The molecule has 3 atom stereocenters. The van der Waals surface area contributed by atoms with Crippen LogP contribution in [0.2, 0.25) is 0 Å². The minimum absolute atomic E-state index is 0.198. The van der Waals surface area contributed by atoms with Crippen molar-refractivity contribution in [1.82, 2.24) is 5.32 Å². The molecule has 0 bridgehead atoms. The highest BCUT2D eigenvalue weighted by Crippen LogP contribution is 2.26. The van der Waals surface area contributed by atoms with Gasteiger partial charge in [0, 0.05) is 17.0 Å². The summed E-state index contributed by atoms with van der Waals surface area (Å²) in [4.78, 5) is 0. The van der Waals surface area contributed by atoms with E-state index in [1.54, 1.807) is 0 Å². The van der Waals surface area contributed by atoms with Crippen molar-refractivity contribution in [2.24, 2.45) is 0 Å². The van der Waals surface area contributed by atoms with Gasteiger partial charge in [0.2, 0.25) is 0 Å². The van der Waals surface area contributed by atoms with Crippen molar-refractivity contribution in [1.29, 1.82) is 0 Å². The second-order valence-electron chi connectivity index (χ2n) is 6.49. The van der Waals surface area contributed by atoms with Gasteiger partial charge in [-0.15, -0.1) is 0 Å². The summed E-state index contributed by atoms with van der Waals surface area (Å²) in [6.07, 6.45) is -0.263. The Morgan fingerprint density at radius 3 is 2.10 bits per heavy atom. The first kappa shape index (κ1) is 17.5. The van der Waals surface area contributed by atoms with Gasteiger partial charge < -0.3 is 10.4 Å². The number of benzene rings is 1. The van der Waals surface area contributed by atoms with Crippen molar-refractivity contribution >= 4 is 11.8 Å². The lowest BCUT2D eigenvalue weighted by atomic mass is 9.86. The molecule has 0 aliphatic carbocycles. The Balaban J connectivity index is 2.71. The molecule has 1 aromatic carbocycles. The summed E-state index contributed by atoms with van der Waals surface area (Å²) in [7, 11) is 2.00. The first-order valence-corrected chi connectivity index (χ1v) is 8.38. The fourth-order valence-corrected chi connectivity index (χ4v) is 3.08. The van der Waals surface area contributed by atoms with Crippen LogP contribution in [-0.4, -0.2) is 29.3 Å². The van der Waals surface area contributed by atoms with E-state index < -0.39 is 0 Å². The van der Waals surface area contributed by atoms with Crippen LogP contribution in [0.25, 0.3) is 0 Å². The zero-order chi connectivity index (χ0) is 15.3. The van der Waals surface area contributed by atoms with Gasteiger partial charge >= 0.3 is 0 Å². The molecule has 114 valence electrons. The maximum absolute atomic E-state index is 9.56. The van der Waals surface area contributed by atoms with Crippen LogP contribution in [0.1, 0.15) is 51.8 Å². The summed E-state index contributed by atoms with van der Waals surface area (Å²) >= 11 is 1.81. The number of hydrogen-bond donors (Lipinski definition) is 2. The van der Waals surface area contributed by atoms with E-state index in [0.29, 0.717) is 6.04 Å². The smallest absolute Gasteiger partial charge is 0.0628 e. The molecule has 2 nitrogen and oxygen atoms in total. The molecule has 0 amide bonds. The van der Waals surface area contributed by atoms with Crippen molar-refractivity contribution in [3.05, 3.63) is 35.4 Å². The zero-order valence-electron chi connectivity index (χ0n) is 13.6. The van der Waals surface area contributed by atoms with Gasteiger partial charge in [0.1, 0.15) is 0 Å². The minimum Gasteiger partial charge on any atom is -0.392 e. The van der Waals surface area contributed by atoms with Crippen LogP contribution in [0, 0.1) is 0 Å². The van der Waals surface area contributed by atoms with Gasteiger partial charge in [0.05, 0.1) is 6.10 Å². The lowest BCUT2D eigenvalue weighted by molar-refractivity contribution is 0.196. The number of aliphatic hydroxyl groups is 1. The maximum Gasteiger partial charge on any atom is 0.0628 e. The Morgan fingerprint density at radius 2 is 1.70 bits per heavy atom. The number of thioether (sulfide) groups is 1. The molecule has 3 unspecified atom stereocenters. The summed E-state index contributed by atoms with van der Waals surface area (Å²) in [6, 6.07) is 9.21. The molecule has 20 heavy (non-hydrogen) atoms. The van der Waals surface area contributed by atoms with Gasteiger partial charge in [-0.1, -0.05) is 52.0 Å². The summed E-state index contributed by atoms with van der Waals surface area (Å²) in [5.41, 5.74) is 2.87. The number of nitrogens with one attached hydrogen (secondary N) is 1. The summed E-state index contributed by atoms with van der Waals surface area (Å²) in [6.45, 7) is 10.6. The van der Waals surface area contributed by atoms with E-state index in [-0.39, 0.29) is 16.8 Å². The molecule has 0 heterocycles. The number of rotatable bonds is 6. The Hall–Kier alpha value is -0.510. The molecule has 2 N–H and O–H groups in total. The molecule has 0 aliphatic heterocycles. The van der Waals surface area contributed by atoms with Gasteiger partial charge in [-0.3, -0.25) is 0 Å². The summed E-state index contributed by atoms with van der Waals surface area (Å²) < 4.78 is 0. The topological polar surface area (TPSA) is 32.3 Å². The monoisotopic (exact) mass is 295 g/mol. The SMILES string of the molecule is CNC(CSC(C)C(C)O)c1ccc(C(C)(C)C)cc1. The lowest BCUT2D eigenvalue weighted by Crippen LogP contribution is -2.23. The van der Waals surface area contributed by atoms with Crippen molar-refractivity contribution in [2.45, 2.75) is 57.4 Å². The molecule has 0 aliphatic rings. The van der Waals surface area contributed by atoms with Crippen LogP contribution in [0.3, 0.4) is 0 Å². The van der Waals surface area contributed by atoms with Crippen molar-refractivity contribution in [3.63, 3.8) is 0 Å². The molecule has 1 aromatic rings. The van der Waals surface area contributed by atoms with E-state index in [1.807, 2.05) is 25.7 Å². The molecule has 1 rings (SSSR count). The van der Waals surface area contributed by atoms with Crippen molar-refractivity contribution in [2.75, 3.05) is 12.8 Å². The van der Waals surface area contributed by atoms with Crippen LogP contribution in [-0.2, 0) is 5.41 Å². The molecule has 0 aromatic heterocycles. The van der Waals surface area contributed by atoms with Crippen LogP contribution in [0.5, 0.6) is 0 Å². The average Bonchev–Trinajstić information content (AvgIpc) is 2.38. The van der Waals surface area contributed by atoms with Gasteiger partial charge in [0.15, 0.2) is 0 Å². The standard InChI is InChI=1S/C17H29NOS/c1-12(19)13(2)20-11-16(18-6)14-7-9-15(10-8-14)17(3,4)5/h7-10,12-13,16,18-19H,11H2,1-6H3. The van der Waals surface area contributed by atoms with Gasteiger partial charge in [0.25, 0.3) is 0 Å². The Bertz CT molecular complexity index is 394. The fourth-order valence-electron chi connectivity index (χ4n) is 1.95. The first-order chi connectivity index (χ1) is 9.25.